The number of aryl methyl sites for hydroxylation is 2. The predicted molar refractivity (Wildman–Crippen MR) is 238 cm³/mol. The smallest absolute Gasteiger partial charge is 0.329 e. The van der Waals surface area contributed by atoms with Gasteiger partial charge in [0.05, 0.1) is 35.0 Å². The molecule has 2 aliphatic heterocycles. The topological polar surface area (TPSA) is 207 Å². The monoisotopic (exact) mass is 882 g/mol. The van der Waals surface area contributed by atoms with Gasteiger partial charge in [0, 0.05) is 32.2 Å². The van der Waals surface area contributed by atoms with Crippen LogP contribution in [0.4, 0.5) is 11.6 Å². The summed E-state index contributed by atoms with van der Waals surface area (Å²) in [6, 6.07) is 10.4. The number of piperidine rings is 2. The number of carbonyl (C=O) groups is 2. The van der Waals surface area contributed by atoms with Crippen LogP contribution in [-0.2, 0) is 31.4 Å². The number of nitrogens with one attached hydrogen (secondary N) is 4. The number of anilines is 2. The van der Waals surface area contributed by atoms with Crippen LogP contribution in [0.25, 0.3) is 22.2 Å². The van der Waals surface area contributed by atoms with Gasteiger partial charge in [-0.15, -0.1) is 0 Å². The van der Waals surface area contributed by atoms with Gasteiger partial charge < -0.3 is 24.7 Å². The summed E-state index contributed by atoms with van der Waals surface area (Å²) in [5.74, 6) is 1.06. The lowest BCUT2D eigenvalue weighted by Crippen LogP contribution is -2.44. The molecule has 1 unspecified atom stereocenters. The van der Waals surface area contributed by atoms with Gasteiger partial charge in [0.1, 0.15) is 12.1 Å². The summed E-state index contributed by atoms with van der Waals surface area (Å²) in [5.41, 5.74) is 5.06. The first-order chi connectivity index (χ1) is 30.5. The molecule has 5 aromatic rings. The molecule has 18 heteroatoms. The standard InChI is InChI=1S/C45H58N10O7S/c1-28-24-34(13-14-35(28)49-44-51-41-40(46-27-47-41)43(52-44)62-33-6-4-3-5-7-33)63(59,60)48-20-23-61-32-11-8-29(9-12-32)26-54-21-18-30(19-22-54)31-10-15-36-38(25-31)53(2)45(58)55(36)37-16-17-39(56)50-42(37)57/h10,13-15,24-25,27,29-30,32-33,37,48H,3-9,11-12,16-23,26H2,1-2H3,(H,50,56,57)(H2,46,47,49,51,52)/t29-,32-,37?. The average molecular weight is 883 g/mol. The summed E-state index contributed by atoms with van der Waals surface area (Å²) >= 11 is 0. The minimum absolute atomic E-state index is 0.0992. The molecule has 5 heterocycles. The SMILES string of the molecule is Cc1cc(S(=O)(=O)NCCO[C@H]2CC[C@H](CN3CCC(c4ccc5c(c4)n(C)c(=O)n5C4CCC(=O)NC4=O)CC3)CC2)ccc1Nc1nc(OC2CCCCC2)c2nc[nH]c2n1. The summed E-state index contributed by atoms with van der Waals surface area (Å²) in [6.45, 7) is 5.44. The molecule has 0 spiro atoms. The van der Waals surface area contributed by atoms with E-state index in [2.05, 4.69) is 52.3 Å². The van der Waals surface area contributed by atoms with Gasteiger partial charge in [0.15, 0.2) is 11.2 Å². The summed E-state index contributed by atoms with van der Waals surface area (Å²) in [6.07, 6.45) is 14.0. The van der Waals surface area contributed by atoms with Gasteiger partial charge in [-0.05, 0) is 144 Å². The van der Waals surface area contributed by atoms with E-state index < -0.39 is 22.0 Å². The van der Waals surface area contributed by atoms with Gasteiger partial charge in [-0.1, -0.05) is 12.5 Å². The van der Waals surface area contributed by atoms with Crippen molar-refractivity contribution in [3.8, 4) is 5.88 Å². The Labute approximate surface area is 366 Å². The fourth-order valence-electron chi connectivity index (χ4n) is 10.00. The van der Waals surface area contributed by atoms with Crippen LogP contribution < -0.4 is 25.8 Å². The molecule has 1 atom stereocenters. The number of aromatic amines is 1. The molecule has 4 fully saturated rings. The van der Waals surface area contributed by atoms with E-state index in [1.54, 1.807) is 36.1 Å². The first-order valence-corrected chi connectivity index (χ1v) is 24.1. The van der Waals surface area contributed by atoms with Crippen molar-refractivity contribution in [1.82, 2.24) is 44.0 Å². The maximum atomic E-state index is 13.3. The van der Waals surface area contributed by atoms with Gasteiger partial charge in [-0.3, -0.25) is 24.0 Å². The van der Waals surface area contributed by atoms with E-state index >= 15 is 0 Å². The van der Waals surface area contributed by atoms with Crippen LogP contribution in [-0.4, -0.2) is 99.2 Å². The number of rotatable bonds is 14. The largest absolute Gasteiger partial charge is 0.473 e. The van der Waals surface area contributed by atoms with E-state index in [0.717, 1.165) is 100 Å². The molecule has 3 aromatic heterocycles. The number of likely N-dealkylation sites (tertiary alicyclic amines) is 1. The van der Waals surface area contributed by atoms with Crippen molar-refractivity contribution in [3.05, 3.63) is 64.3 Å². The summed E-state index contributed by atoms with van der Waals surface area (Å²) in [7, 11) is -2.01. The number of sulfonamides is 1. The van der Waals surface area contributed by atoms with Gasteiger partial charge in [-0.2, -0.15) is 9.97 Å². The van der Waals surface area contributed by atoms with Crippen LogP contribution in [0.2, 0.25) is 0 Å². The highest BCUT2D eigenvalue weighted by atomic mass is 32.2. The third-order valence-corrected chi connectivity index (χ3v) is 15.0. The van der Waals surface area contributed by atoms with Crippen molar-refractivity contribution in [3.63, 3.8) is 0 Å². The zero-order valence-electron chi connectivity index (χ0n) is 36.1. The maximum Gasteiger partial charge on any atom is 0.329 e. The minimum atomic E-state index is -3.75. The summed E-state index contributed by atoms with van der Waals surface area (Å²) in [5, 5.41) is 5.62. The van der Waals surface area contributed by atoms with E-state index in [1.807, 2.05) is 13.0 Å². The van der Waals surface area contributed by atoms with E-state index in [9.17, 15) is 22.8 Å². The second-order valence-corrected chi connectivity index (χ2v) is 19.6. The molecular formula is C45H58N10O7S. The number of carbonyl (C=O) groups excluding carboxylic acids is 2. The molecule has 17 nitrogen and oxygen atoms in total. The summed E-state index contributed by atoms with van der Waals surface area (Å²) < 4.78 is 44.8. The number of ether oxygens (including phenoxy) is 2. The molecule has 336 valence electrons. The fraction of sp³-hybridized carbons (Fsp3) is 0.556. The van der Waals surface area contributed by atoms with Gasteiger partial charge in [0.25, 0.3) is 0 Å². The number of aromatic nitrogens is 6. The Kier molecular flexibility index (Phi) is 12.7. The number of fused-ring (bicyclic) bond motifs is 2. The highest BCUT2D eigenvalue weighted by molar-refractivity contribution is 7.89. The third kappa shape index (κ3) is 9.54. The van der Waals surface area contributed by atoms with Crippen LogP contribution in [0.5, 0.6) is 5.88 Å². The number of benzene rings is 2. The molecule has 2 saturated heterocycles. The first kappa shape index (κ1) is 43.1. The highest BCUT2D eigenvalue weighted by Crippen LogP contribution is 2.34. The fourth-order valence-corrected chi connectivity index (χ4v) is 11.1. The van der Waals surface area contributed by atoms with Crippen LogP contribution in [0.1, 0.15) is 107 Å². The molecule has 2 aliphatic carbocycles. The lowest BCUT2D eigenvalue weighted by atomic mass is 9.85. The normalized spacial score (nSPS) is 22.2. The first-order valence-electron chi connectivity index (χ1n) is 22.6. The van der Waals surface area contributed by atoms with E-state index in [-0.39, 0.29) is 41.7 Å². The van der Waals surface area contributed by atoms with Crippen molar-refractivity contribution in [2.45, 2.75) is 119 Å². The quantitative estimate of drug-likeness (QED) is 0.0808. The van der Waals surface area contributed by atoms with E-state index in [1.165, 1.54) is 16.6 Å². The maximum absolute atomic E-state index is 13.3. The molecule has 2 aromatic carbocycles. The summed E-state index contributed by atoms with van der Waals surface area (Å²) in [4.78, 5) is 56.9. The Balaban J connectivity index is 0.702. The molecule has 4 N–H and O–H groups in total. The molecule has 2 amide bonds. The number of amides is 2. The molecule has 4 aliphatic rings. The lowest BCUT2D eigenvalue weighted by Gasteiger charge is -2.36. The minimum Gasteiger partial charge on any atom is -0.473 e. The lowest BCUT2D eigenvalue weighted by molar-refractivity contribution is -0.135. The van der Waals surface area contributed by atoms with Crippen molar-refractivity contribution in [1.29, 1.82) is 0 Å². The Morgan fingerprint density at radius 1 is 0.873 bits per heavy atom. The number of hydrogen-bond donors (Lipinski definition) is 4. The molecular weight excluding hydrogens is 825 g/mol. The predicted octanol–water partition coefficient (Wildman–Crippen LogP) is 5.48. The zero-order chi connectivity index (χ0) is 43.7. The van der Waals surface area contributed by atoms with Crippen LogP contribution in [0, 0.1) is 12.8 Å². The second kappa shape index (κ2) is 18.5. The average Bonchev–Trinajstić information content (AvgIpc) is 3.86. The molecule has 9 rings (SSSR count). The second-order valence-electron chi connectivity index (χ2n) is 17.8. The highest BCUT2D eigenvalue weighted by Gasteiger charge is 2.32. The number of hydrogen-bond acceptors (Lipinski definition) is 12. The van der Waals surface area contributed by atoms with E-state index in [0.29, 0.717) is 53.5 Å². The van der Waals surface area contributed by atoms with Crippen molar-refractivity contribution < 1.29 is 27.5 Å². The van der Waals surface area contributed by atoms with Gasteiger partial charge >= 0.3 is 5.69 Å². The number of nitrogens with zero attached hydrogens (tertiary/aromatic N) is 6. The van der Waals surface area contributed by atoms with Gasteiger partial charge in [-0.25, -0.2) is 22.9 Å². The number of imidazole rings is 2. The van der Waals surface area contributed by atoms with E-state index in [4.69, 9.17) is 9.47 Å². The van der Waals surface area contributed by atoms with Crippen LogP contribution in [0.3, 0.4) is 0 Å². The van der Waals surface area contributed by atoms with Gasteiger partial charge in [0.2, 0.25) is 33.7 Å². The number of H-pyrrole nitrogens is 1. The van der Waals surface area contributed by atoms with Crippen molar-refractivity contribution >= 4 is 55.7 Å². The molecule has 0 bridgehead atoms. The zero-order valence-corrected chi connectivity index (χ0v) is 36.9. The Hall–Kier alpha value is -5.17. The van der Waals surface area contributed by atoms with Crippen molar-refractivity contribution in [2.75, 3.05) is 38.1 Å². The Bertz CT molecular complexity index is 2640. The third-order valence-electron chi connectivity index (χ3n) is 13.6. The Morgan fingerprint density at radius 2 is 1.67 bits per heavy atom. The Morgan fingerprint density at radius 3 is 2.43 bits per heavy atom. The molecule has 2 saturated carbocycles. The van der Waals surface area contributed by atoms with Crippen LogP contribution >= 0.6 is 0 Å². The van der Waals surface area contributed by atoms with Crippen LogP contribution in [0.15, 0.2) is 52.4 Å². The van der Waals surface area contributed by atoms with Crippen molar-refractivity contribution in [2.24, 2.45) is 13.0 Å². The molecule has 0 radical (unpaired) electrons. The number of imide groups is 1. The molecule has 63 heavy (non-hydrogen) atoms.